The van der Waals surface area contributed by atoms with E-state index >= 15 is 0 Å². The standard InChI is InChI=1S/C15H25B/c1-15(2)12-8-4-3-6-10(12)11-7-5-9-13(16)14(11)15/h10-14H,3-9H2,1-2H3. The molecule has 3 saturated carbocycles. The summed E-state index contributed by atoms with van der Waals surface area (Å²) < 4.78 is 0. The lowest BCUT2D eigenvalue weighted by Crippen LogP contribution is -2.32. The van der Waals surface area contributed by atoms with E-state index in [-0.39, 0.29) is 0 Å². The fourth-order valence-electron chi connectivity index (χ4n) is 5.69. The maximum absolute atomic E-state index is 6.45. The van der Waals surface area contributed by atoms with Gasteiger partial charge < -0.3 is 0 Å². The van der Waals surface area contributed by atoms with Crippen molar-refractivity contribution in [3.05, 3.63) is 0 Å². The Bertz CT molecular complexity index is 271. The average Bonchev–Trinajstić information content (AvgIpc) is 2.50. The van der Waals surface area contributed by atoms with E-state index in [0.717, 1.165) is 23.7 Å². The van der Waals surface area contributed by atoms with Crippen molar-refractivity contribution in [1.82, 2.24) is 0 Å². The highest BCUT2D eigenvalue weighted by atomic mass is 14.6. The van der Waals surface area contributed by atoms with Crippen LogP contribution in [0.25, 0.3) is 0 Å². The Kier molecular flexibility index (Phi) is 2.64. The Hall–Kier alpha value is 0.0649. The molecule has 3 aliphatic carbocycles. The minimum Gasteiger partial charge on any atom is -0.0738 e. The molecular weight excluding hydrogens is 191 g/mol. The van der Waals surface area contributed by atoms with Crippen LogP contribution in [0.4, 0.5) is 0 Å². The summed E-state index contributed by atoms with van der Waals surface area (Å²) in [5, 5.41) is 0. The van der Waals surface area contributed by atoms with Gasteiger partial charge in [-0.2, -0.15) is 0 Å². The molecule has 0 aromatic carbocycles. The molecule has 0 aliphatic heterocycles. The monoisotopic (exact) mass is 216 g/mol. The molecule has 0 N–H and O–H groups in total. The predicted molar refractivity (Wildman–Crippen MR) is 69.6 cm³/mol. The summed E-state index contributed by atoms with van der Waals surface area (Å²) in [5.74, 6) is 4.32. The molecule has 2 radical (unpaired) electrons. The lowest BCUT2D eigenvalue weighted by molar-refractivity contribution is 0.125. The first kappa shape index (κ1) is 11.2. The summed E-state index contributed by atoms with van der Waals surface area (Å²) in [5.41, 5.74) is 0.523. The second kappa shape index (κ2) is 3.78. The van der Waals surface area contributed by atoms with Crippen LogP contribution in [0.2, 0.25) is 5.82 Å². The number of fused-ring (bicyclic) bond motifs is 3. The second-order valence-corrected chi connectivity index (χ2v) is 7.16. The molecule has 0 heterocycles. The van der Waals surface area contributed by atoms with Crippen LogP contribution in [0.15, 0.2) is 0 Å². The number of hydrogen-bond donors (Lipinski definition) is 0. The van der Waals surface area contributed by atoms with E-state index in [1.165, 1.54) is 44.9 Å². The Morgan fingerprint density at radius 1 is 0.875 bits per heavy atom. The SMILES string of the molecule is [B]C1CCCC2C3CCCCC3C(C)(C)C12. The molecule has 5 unspecified atom stereocenters. The van der Waals surface area contributed by atoms with Gasteiger partial charge >= 0.3 is 0 Å². The summed E-state index contributed by atoms with van der Waals surface area (Å²) in [7, 11) is 6.45. The van der Waals surface area contributed by atoms with Gasteiger partial charge in [0.25, 0.3) is 0 Å². The van der Waals surface area contributed by atoms with Crippen molar-refractivity contribution >= 4 is 7.85 Å². The molecule has 0 nitrogen and oxygen atoms in total. The van der Waals surface area contributed by atoms with Gasteiger partial charge in [0.05, 0.1) is 7.85 Å². The van der Waals surface area contributed by atoms with Gasteiger partial charge in [-0.05, 0) is 48.3 Å². The first-order chi connectivity index (χ1) is 7.62. The van der Waals surface area contributed by atoms with E-state index < -0.39 is 0 Å². The maximum Gasteiger partial charge on any atom is 0.0703 e. The molecular formula is C15H25B. The molecule has 3 rings (SSSR count). The zero-order chi connectivity index (χ0) is 11.3. The van der Waals surface area contributed by atoms with Crippen LogP contribution < -0.4 is 0 Å². The van der Waals surface area contributed by atoms with E-state index in [4.69, 9.17) is 7.85 Å². The van der Waals surface area contributed by atoms with Gasteiger partial charge in [0.2, 0.25) is 0 Å². The normalized spacial score (nSPS) is 50.8. The fourth-order valence-corrected chi connectivity index (χ4v) is 5.69. The summed E-state index contributed by atoms with van der Waals surface area (Å²) in [6.07, 6.45) is 10.1. The number of rotatable bonds is 0. The lowest BCUT2D eigenvalue weighted by Gasteiger charge is -2.41. The Morgan fingerprint density at radius 3 is 2.38 bits per heavy atom. The molecule has 3 aliphatic rings. The van der Waals surface area contributed by atoms with Gasteiger partial charge in [-0.15, -0.1) is 0 Å². The van der Waals surface area contributed by atoms with Gasteiger partial charge in [0.15, 0.2) is 0 Å². The highest BCUT2D eigenvalue weighted by Crippen LogP contribution is 2.65. The minimum absolute atomic E-state index is 0.499. The molecule has 0 aromatic heterocycles. The third kappa shape index (κ3) is 1.42. The van der Waals surface area contributed by atoms with Gasteiger partial charge in [-0.25, -0.2) is 0 Å². The van der Waals surface area contributed by atoms with Crippen molar-refractivity contribution in [2.75, 3.05) is 0 Å². The molecule has 16 heavy (non-hydrogen) atoms. The minimum atomic E-state index is 0.499. The largest absolute Gasteiger partial charge is 0.0738 e. The lowest BCUT2D eigenvalue weighted by atomic mass is 9.57. The summed E-state index contributed by atoms with van der Waals surface area (Å²) in [4.78, 5) is 0. The summed E-state index contributed by atoms with van der Waals surface area (Å²) >= 11 is 0. The van der Waals surface area contributed by atoms with Crippen molar-refractivity contribution < 1.29 is 0 Å². The Labute approximate surface area is 102 Å². The maximum atomic E-state index is 6.45. The number of hydrogen-bond acceptors (Lipinski definition) is 0. The van der Waals surface area contributed by atoms with Crippen LogP contribution in [0.3, 0.4) is 0 Å². The first-order valence-corrected chi connectivity index (χ1v) is 7.38. The van der Waals surface area contributed by atoms with E-state index in [2.05, 4.69) is 13.8 Å². The highest BCUT2D eigenvalue weighted by Gasteiger charge is 2.56. The van der Waals surface area contributed by atoms with E-state index in [1.54, 1.807) is 0 Å². The topological polar surface area (TPSA) is 0 Å². The molecule has 1 heteroatoms. The molecule has 0 spiro atoms. The fraction of sp³-hybridized carbons (Fsp3) is 1.00. The third-order valence-corrected chi connectivity index (χ3v) is 6.18. The molecule has 3 fully saturated rings. The van der Waals surface area contributed by atoms with Crippen LogP contribution >= 0.6 is 0 Å². The first-order valence-electron chi connectivity index (χ1n) is 7.38. The molecule has 88 valence electrons. The van der Waals surface area contributed by atoms with Crippen molar-refractivity contribution in [1.29, 1.82) is 0 Å². The third-order valence-electron chi connectivity index (χ3n) is 6.18. The average molecular weight is 216 g/mol. The molecule has 0 saturated heterocycles. The van der Waals surface area contributed by atoms with Crippen molar-refractivity contribution in [2.45, 2.75) is 64.6 Å². The van der Waals surface area contributed by atoms with Gasteiger partial charge in [-0.3, -0.25) is 0 Å². The Morgan fingerprint density at radius 2 is 1.56 bits per heavy atom. The molecule has 0 bridgehead atoms. The van der Waals surface area contributed by atoms with Gasteiger partial charge in [-0.1, -0.05) is 45.3 Å². The van der Waals surface area contributed by atoms with Gasteiger partial charge in [0.1, 0.15) is 0 Å². The van der Waals surface area contributed by atoms with Crippen LogP contribution in [0.5, 0.6) is 0 Å². The zero-order valence-electron chi connectivity index (χ0n) is 10.9. The quantitative estimate of drug-likeness (QED) is 0.532. The molecule has 0 amide bonds. The molecule has 0 aromatic rings. The van der Waals surface area contributed by atoms with Gasteiger partial charge in [0, 0.05) is 0 Å². The van der Waals surface area contributed by atoms with Crippen LogP contribution in [-0.4, -0.2) is 7.85 Å². The molecule has 5 atom stereocenters. The van der Waals surface area contributed by atoms with E-state index in [0.29, 0.717) is 11.2 Å². The highest BCUT2D eigenvalue weighted by molar-refractivity contribution is 6.12. The van der Waals surface area contributed by atoms with E-state index in [9.17, 15) is 0 Å². The zero-order valence-corrected chi connectivity index (χ0v) is 10.9. The Balaban J connectivity index is 1.94. The second-order valence-electron chi connectivity index (χ2n) is 7.16. The predicted octanol–water partition coefficient (Wildman–Crippen LogP) is 4.21. The van der Waals surface area contributed by atoms with Crippen LogP contribution in [-0.2, 0) is 0 Å². The summed E-state index contributed by atoms with van der Waals surface area (Å²) in [6, 6.07) is 0. The van der Waals surface area contributed by atoms with Crippen LogP contribution in [0, 0.1) is 29.1 Å². The smallest absolute Gasteiger partial charge is 0.0703 e. The van der Waals surface area contributed by atoms with Crippen molar-refractivity contribution in [3.63, 3.8) is 0 Å². The van der Waals surface area contributed by atoms with E-state index in [1.807, 2.05) is 0 Å². The van der Waals surface area contributed by atoms with Crippen LogP contribution in [0.1, 0.15) is 58.8 Å². The summed E-state index contributed by atoms with van der Waals surface area (Å²) in [6.45, 7) is 5.04. The van der Waals surface area contributed by atoms with Crippen molar-refractivity contribution in [2.24, 2.45) is 29.1 Å². The van der Waals surface area contributed by atoms with Crippen molar-refractivity contribution in [3.8, 4) is 0 Å².